The van der Waals surface area contributed by atoms with Gasteiger partial charge in [0.2, 0.25) is 0 Å². The molecule has 2 heterocycles. The first-order valence-corrected chi connectivity index (χ1v) is 16.3. The van der Waals surface area contributed by atoms with Crippen LogP contribution in [0.25, 0.3) is 11.8 Å². The third-order valence-corrected chi connectivity index (χ3v) is 9.85. The van der Waals surface area contributed by atoms with Gasteiger partial charge in [0.25, 0.3) is 11.2 Å². The van der Waals surface area contributed by atoms with E-state index in [0.717, 1.165) is 43.3 Å². The van der Waals surface area contributed by atoms with Crippen molar-refractivity contribution < 1.29 is 9.66 Å². The van der Waals surface area contributed by atoms with Gasteiger partial charge in [0.1, 0.15) is 12.4 Å². The van der Waals surface area contributed by atoms with Crippen molar-refractivity contribution >= 4 is 60.7 Å². The third-order valence-electron chi connectivity index (χ3n) is 7.82. The van der Waals surface area contributed by atoms with Crippen LogP contribution >= 0.6 is 43.2 Å². The number of aromatic nitrogens is 1. The van der Waals surface area contributed by atoms with Crippen LogP contribution in [0.4, 0.5) is 5.69 Å². The molecule has 0 amide bonds. The Morgan fingerprint density at radius 2 is 1.80 bits per heavy atom. The Kier molecular flexibility index (Phi) is 7.65. The third kappa shape index (κ3) is 5.27. The fraction of sp³-hybridized carbons (Fsp3) is 0.118. The maximum atomic E-state index is 14.3. The van der Waals surface area contributed by atoms with Crippen LogP contribution in [0.15, 0.2) is 115 Å². The van der Waals surface area contributed by atoms with Gasteiger partial charge in [0.05, 0.1) is 25.7 Å². The van der Waals surface area contributed by atoms with Crippen molar-refractivity contribution in [2.75, 3.05) is 0 Å². The molecule has 1 atom stereocenters. The molecular formula is C34H23Br2N3O4S. The van der Waals surface area contributed by atoms with E-state index in [2.05, 4.69) is 44.0 Å². The Bertz CT molecular complexity index is 2170. The van der Waals surface area contributed by atoms with Gasteiger partial charge in [0.15, 0.2) is 4.80 Å². The number of aryl methyl sites for hydroxylation is 1. The summed E-state index contributed by atoms with van der Waals surface area (Å²) < 4.78 is 10.0. The lowest BCUT2D eigenvalue weighted by Crippen LogP contribution is -2.38. The summed E-state index contributed by atoms with van der Waals surface area (Å²) >= 11 is 8.53. The van der Waals surface area contributed by atoms with E-state index >= 15 is 0 Å². The van der Waals surface area contributed by atoms with E-state index < -0.39 is 11.0 Å². The lowest BCUT2D eigenvalue weighted by Gasteiger charge is -2.30. The van der Waals surface area contributed by atoms with Crippen LogP contribution in [0.1, 0.15) is 40.3 Å². The molecule has 0 saturated carbocycles. The molecule has 0 unspecified atom stereocenters. The minimum Gasteiger partial charge on any atom is -0.487 e. The van der Waals surface area contributed by atoms with Gasteiger partial charge in [-0.05, 0) is 69.2 Å². The molecule has 0 N–H and O–H groups in total. The number of thiazole rings is 1. The zero-order valence-corrected chi connectivity index (χ0v) is 27.1. The molecule has 0 fully saturated rings. The van der Waals surface area contributed by atoms with E-state index in [-0.39, 0.29) is 11.2 Å². The Labute approximate surface area is 272 Å². The quantitative estimate of drug-likeness (QED) is 0.135. The van der Waals surface area contributed by atoms with Crippen LogP contribution in [0.3, 0.4) is 0 Å². The van der Waals surface area contributed by atoms with Crippen molar-refractivity contribution in [3.8, 4) is 5.75 Å². The molecule has 5 aromatic rings. The van der Waals surface area contributed by atoms with Crippen LogP contribution < -0.4 is 19.6 Å². The second-order valence-electron chi connectivity index (χ2n) is 10.5. The molecule has 44 heavy (non-hydrogen) atoms. The molecule has 4 aromatic carbocycles. The lowest BCUT2D eigenvalue weighted by atomic mass is 9.83. The normalized spacial score (nSPS) is 15.7. The topological polar surface area (TPSA) is 86.7 Å². The van der Waals surface area contributed by atoms with Gasteiger partial charge < -0.3 is 4.74 Å². The Morgan fingerprint density at radius 3 is 2.61 bits per heavy atom. The minimum atomic E-state index is -0.514. The standard InChI is InChI=1S/C34H23Br2N3O4S/c35-24-15-23(32(28(36)18-24)43-19-20-7-2-1-3-8-20)17-29-33(40)38-31(22-10-6-11-25(16-22)39(41)42)27-14-13-21-9-4-5-12-26(21)30(27)37-34(38)44-29/h1-12,15-18,31H,13-14,19H2/b29-17+/t31-/m1/s1. The van der Waals surface area contributed by atoms with E-state index in [0.29, 0.717) is 33.7 Å². The molecule has 0 radical (unpaired) electrons. The van der Waals surface area contributed by atoms with Gasteiger partial charge in [-0.25, -0.2) is 4.99 Å². The molecule has 0 bridgehead atoms. The number of hydrogen-bond acceptors (Lipinski definition) is 6. The summed E-state index contributed by atoms with van der Waals surface area (Å²) in [5.74, 6) is 0.617. The van der Waals surface area contributed by atoms with E-state index in [1.165, 1.54) is 23.0 Å². The maximum absolute atomic E-state index is 14.3. The molecule has 0 saturated heterocycles. The van der Waals surface area contributed by atoms with E-state index in [1.54, 1.807) is 16.7 Å². The summed E-state index contributed by atoms with van der Waals surface area (Å²) in [5.41, 5.74) is 6.28. The van der Waals surface area contributed by atoms with Crippen LogP contribution in [0, 0.1) is 10.1 Å². The molecule has 0 spiro atoms. The van der Waals surface area contributed by atoms with Crippen molar-refractivity contribution in [1.82, 2.24) is 4.57 Å². The van der Waals surface area contributed by atoms with Gasteiger partial charge in [-0.2, -0.15) is 0 Å². The summed E-state index contributed by atoms with van der Waals surface area (Å²) in [5, 5.41) is 11.7. The molecule has 2 aliphatic rings. The summed E-state index contributed by atoms with van der Waals surface area (Å²) in [6, 6.07) is 27.9. The fourth-order valence-corrected chi connectivity index (χ4v) is 8.21. The first kappa shape index (κ1) is 28.6. The van der Waals surface area contributed by atoms with Crippen LogP contribution in [0.2, 0.25) is 0 Å². The Morgan fingerprint density at radius 1 is 1.00 bits per heavy atom. The first-order valence-electron chi connectivity index (χ1n) is 13.9. The molecule has 1 aliphatic heterocycles. The Hall–Kier alpha value is -4.12. The minimum absolute atomic E-state index is 0.0146. The molecule has 7 nitrogen and oxygen atoms in total. The highest BCUT2D eigenvalue weighted by molar-refractivity contribution is 9.11. The highest BCUT2D eigenvalue weighted by atomic mass is 79.9. The highest BCUT2D eigenvalue weighted by Gasteiger charge is 2.33. The monoisotopic (exact) mass is 727 g/mol. The number of hydrogen-bond donors (Lipinski definition) is 0. The van der Waals surface area contributed by atoms with Crippen molar-refractivity contribution in [3.05, 3.63) is 163 Å². The van der Waals surface area contributed by atoms with Gasteiger partial charge in [-0.3, -0.25) is 19.5 Å². The number of halogens is 2. The molecular weight excluding hydrogens is 706 g/mol. The number of nitro groups is 1. The predicted molar refractivity (Wildman–Crippen MR) is 178 cm³/mol. The lowest BCUT2D eigenvalue weighted by molar-refractivity contribution is -0.384. The van der Waals surface area contributed by atoms with E-state index in [1.807, 2.05) is 66.7 Å². The summed E-state index contributed by atoms with van der Waals surface area (Å²) in [4.78, 5) is 31.2. The largest absolute Gasteiger partial charge is 0.487 e. The summed E-state index contributed by atoms with van der Waals surface area (Å²) in [6.45, 7) is 0.363. The number of allylic oxidation sites excluding steroid dienone is 1. The second-order valence-corrected chi connectivity index (χ2v) is 13.3. The summed E-state index contributed by atoms with van der Waals surface area (Å²) in [6.07, 6.45) is 3.33. The second kappa shape index (κ2) is 11.8. The van der Waals surface area contributed by atoms with Crippen molar-refractivity contribution in [2.45, 2.75) is 25.5 Å². The number of non-ortho nitro benzene ring substituents is 1. The molecule has 218 valence electrons. The first-order chi connectivity index (χ1) is 21.4. The van der Waals surface area contributed by atoms with Crippen molar-refractivity contribution in [1.29, 1.82) is 0 Å². The summed E-state index contributed by atoms with van der Waals surface area (Å²) in [7, 11) is 0. The SMILES string of the molecule is O=c1/c(=C\c2cc(Br)cc(Br)c2OCc2ccccc2)sc2n1[C@H](c1cccc([N+](=O)[O-])c1)C1=C(N=2)c2ccccc2CC1. The molecule has 1 aliphatic carbocycles. The van der Waals surface area contributed by atoms with Crippen molar-refractivity contribution in [3.63, 3.8) is 0 Å². The van der Waals surface area contributed by atoms with Crippen molar-refractivity contribution in [2.24, 2.45) is 4.99 Å². The molecule has 10 heteroatoms. The van der Waals surface area contributed by atoms with Gasteiger partial charge in [-0.15, -0.1) is 0 Å². The number of benzene rings is 4. The maximum Gasteiger partial charge on any atom is 0.271 e. The van der Waals surface area contributed by atoms with Crippen LogP contribution in [-0.2, 0) is 13.0 Å². The van der Waals surface area contributed by atoms with Crippen LogP contribution in [0.5, 0.6) is 5.75 Å². The smallest absolute Gasteiger partial charge is 0.271 e. The number of nitro benzene ring substituents is 1. The number of rotatable bonds is 6. The predicted octanol–water partition coefficient (Wildman–Crippen LogP) is 7.33. The fourth-order valence-electron chi connectivity index (χ4n) is 5.84. The Balaban J connectivity index is 1.41. The average molecular weight is 729 g/mol. The molecule has 1 aromatic heterocycles. The van der Waals surface area contributed by atoms with Gasteiger partial charge in [-0.1, -0.05) is 94.0 Å². The van der Waals surface area contributed by atoms with Gasteiger partial charge in [0, 0.05) is 27.7 Å². The van der Waals surface area contributed by atoms with Gasteiger partial charge >= 0.3 is 0 Å². The number of fused-ring (bicyclic) bond motifs is 3. The van der Waals surface area contributed by atoms with E-state index in [9.17, 15) is 14.9 Å². The van der Waals surface area contributed by atoms with E-state index in [4.69, 9.17) is 9.73 Å². The number of ether oxygens (including phenoxy) is 1. The van der Waals surface area contributed by atoms with Crippen LogP contribution in [-0.4, -0.2) is 9.49 Å². The number of nitrogens with zero attached hydrogens (tertiary/aromatic N) is 3. The zero-order valence-electron chi connectivity index (χ0n) is 23.1. The highest BCUT2D eigenvalue weighted by Crippen LogP contribution is 2.42. The average Bonchev–Trinajstić information content (AvgIpc) is 3.34. The molecule has 7 rings (SSSR count). The zero-order chi connectivity index (χ0) is 30.4.